The molecule has 0 radical (unpaired) electrons. The van der Waals surface area contributed by atoms with Crippen LogP contribution in [0.3, 0.4) is 0 Å². The number of amides is 1. The highest BCUT2D eigenvalue weighted by molar-refractivity contribution is 6.61. The smallest absolute Gasteiger partial charge is 0.423 e. The molecule has 28 heavy (non-hydrogen) atoms. The van der Waals surface area contributed by atoms with E-state index < -0.39 is 18.9 Å². The van der Waals surface area contributed by atoms with Crippen molar-refractivity contribution in [2.45, 2.75) is 39.0 Å². The van der Waals surface area contributed by atoms with Crippen molar-refractivity contribution < 1.29 is 27.6 Å². The molecule has 148 valence electrons. The highest BCUT2D eigenvalue weighted by atomic mass is 19.4. The van der Waals surface area contributed by atoms with Crippen molar-refractivity contribution in [1.82, 2.24) is 0 Å². The van der Waals surface area contributed by atoms with Crippen LogP contribution in [0.5, 0.6) is 0 Å². The molecule has 2 aromatic rings. The van der Waals surface area contributed by atoms with Gasteiger partial charge in [-0.15, -0.1) is 0 Å². The summed E-state index contributed by atoms with van der Waals surface area (Å²) in [4.78, 5) is 12.6. The Balaban J connectivity index is 1.59. The number of alkyl halides is 3. The van der Waals surface area contributed by atoms with Crippen LogP contribution in [0.4, 0.5) is 18.9 Å². The predicted molar refractivity (Wildman–Crippen MR) is 101 cm³/mol. The van der Waals surface area contributed by atoms with Gasteiger partial charge in [0, 0.05) is 11.6 Å². The highest BCUT2D eigenvalue weighted by Crippen LogP contribution is 2.29. The Hall–Kier alpha value is -2.32. The Morgan fingerprint density at radius 3 is 2.61 bits per heavy atom. The number of nitrogens with one attached hydrogen (secondary N) is 1. The third-order valence-electron chi connectivity index (χ3n) is 5.00. The van der Waals surface area contributed by atoms with Gasteiger partial charge in [-0.05, 0) is 60.1 Å². The van der Waals surface area contributed by atoms with Crippen molar-refractivity contribution in [1.29, 1.82) is 0 Å². The van der Waals surface area contributed by atoms with Crippen molar-refractivity contribution in [2.24, 2.45) is 5.92 Å². The SMILES string of the molecule is CCC(CCc1ccc(C(F)(F)F)cc1)C(=O)Nc1ccc2c(c1)B(O)OC2. The summed E-state index contributed by atoms with van der Waals surface area (Å²) in [6.45, 7) is 2.24. The predicted octanol–water partition coefficient (Wildman–Crippen LogP) is 3.52. The summed E-state index contributed by atoms with van der Waals surface area (Å²) >= 11 is 0. The number of hydrogen-bond acceptors (Lipinski definition) is 3. The number of carbonyl (C=O) groups excluding carboxylic acids is 1. The number of fused-ring (bicyclic) bond motifs is 1. The second-order valence-corrected chi connectivity index (χ2v) is 6.90. The molecule has 0 bridgehead atoms. The van der Waals surface area contributed by atoms with Crippen LogP contribution in [-0.2, 0) is 28.7 Å². The summed E-state index contributed by atoms with van der Waals surface area (Å²) in [5, 5.41) is 12.6. The maximum absolute atomic E-state index is 12.6. The molecule has 1 heterocycles. The first-order valence-corrected chi connectivity index (χ1v) is 9.17. The Bertz CT molecular complexity index is 840. The molecular weight excluding hydrogens is 370 g/mol. The monoisotopic (exact) mass is 391 g/mol. The molecule has 0 aromatic heterocycles. The number of benzene rings is 2. The normalized spacial score (nSPS) is 14.7. The standard InChI is InChI=1S/C20H21BF3NO3/c1-2-14(6-3-13-4-8-16(9-5-13)20(22,23)24)19(26)25-17-10-7-15-12-28-21(27)18(15)11-17/h4-5,7-11,14,27H,2-3,6,12H2,1H3,(H,25,26). The van der Waals surface area contributed by atoms with E-state index in [1.54, 1.807) is 12.1 Å². The molecular formula is C20H21BF3NO3. The van der Waals surface area contributed by atoms with Gasteiger partial charge in [0.25, 0.3) is 0 Å². The minimum Gasteiger partial charge on any atom is -0.423 e. The molecule has 0 aliphatic carbocycles. The molecule has 0 fully saturated rings. The van der Waals surface area contributed by atoms with Gasteiger partial charge >= 0.3 is 13.3 Å². The van der Waals surface area contributed by atoms with Gasteiger partial charge in [-0.25, -0.2) is 0 Å². The molecule has 2 N–H and O–H groups in total. The Kier molecular flexibility index (Phi) is 6.10. The van der Waals surface area contributed by atoms with Crippen LogP contribution in [0.2, 0.25) is 0 Å². The van der Waals surface area contributed by atoms with E-state index in [4.69, 9.17) is 4.65 Å². The average Bonchev–Trinajstić information content (AvgIpc) is 3.02. The molecule has 0 saturated carbocycles. The fourth-order valence-corrected chi connectivity index (χ4v) is 3.26. The molecule has 1 amide bonds. The van der Waals surface area contributed by atoms with E-state index >= 15 is 0 Å². The van der Waals surface area contributed by atoms with Crippen molar-refractivity contribution in [3.8, 4) is 0 Å². The van der Waals surface area contributed by atoms with Crippen molar-refractivity contribution in [2.75, 3.05) is 5.32 Å². The molecule has 2 aromatic carbocycles. The van der Waals surface area contributed by atoms with Gasteiger partial charge in [-0.2, -0.15) is 13.2 Å². The van der Waals surface area contributed by atoms with Gasteiger partial charge in [-0.1, -0.05) is 25.1 Å². The van der Waals surface area contributed by atoms with Crippen molar-refractivity contribution in [3.05, 3.63) is 59.2 Å². The van der Waals surface area contributed by atoms with Crippen LogP contribution >= 0.6 is 0 Å². The van der Waals surface area contributed by atoms with Gasteiger partial charge in [-0.3, -0.25) is 4.79 Å². The number of rotatable bonds is 6. The molecule has 0 saturated heterocycles. The number of carbonyl (C=O) groups is 1. The minimum atomic E-state index is -4.35. The maximum Gasteiger partial charge on any atom is 0.491 e. The zero-order chi connectivity index (χ0) is 20.3. The van der Waals surface area contributed by atoms with Crippen LogP contribution in [0, 0.1) is 5.92 Å². The Labute approximate surface area is 161 Å². The first-order valence-electron chi connectivity index (χ1n) is 9.17. The first-order chi connectivity index (χ1) is 13.3. The largest absolute Gasteiger partial charge is 0.491 e. The summed E-state index contributed by atoms with van der Waals surface area (Å²) in [5.74, 6) is -0.417. The van der Waals surface area contributed by atoms with E-state index in [1.807, 2.05) is 13.0 Å². The van der Waals surface area contributed by atoms with Crippen LogP contribution in [0.25, 0.3) is 0 Å². The van der Waals surface area contributed by atoms with E-state index in [-0.39, 0.29) is 11.8 Å². The summed E-state index contributed by atoms with van der Waals surface area (Å²) in [6, 6.07) is 10.3. The third kappa shape index (κ3) is 4.74. The van der Waals surface area contributed by atoms with Crippen LogP contribution in [0.1, 0.15) is 36.5 Å². The molecule has 3 rings (SSSR count). The molecule has 1 aliphatic rings. The Morgan fingerprint density at radius 2 is 1.96 bits per heavy atom. The van der Waals surface area contributed by atoms with Crippen LogP contribution < -0.4 is 10.8 Å². The molecule has 1 atom stereocenters. The fraction of sp³-hybridized carbons (Fsp3) is 0.350. The van der Waals surface area contributed by atoms with Gasteiger partial charge in [0.05, 0.1) is 12.2 Å². The lowest BCUT2D eigenvalue weighted by molar-refractivity contribution is -0.137. The summed E-state index contributed by atoms with van der Waals surface area (Å²) in [7, 11) is -0.978. The lowest BCUT2D eigenvalue weighted by Crippen LogP contribution is -2.29. The van der Waals surface area contributed by atoms with Gasteiger partial charge in [0.15, 0.2) is 0 Å². The van der Waals surface area contributed by atoms with Crippen LogP contribution in [0.15, 0.2) is 42.5 Å². The quantitative estimate of drug-likeness (QED) is 0.741. The van der Waals surface area contributed by atoms with Gasteiger partial charge in [0.1, 0.15) is 0 Å². The van der Waals surface area contributed by atoms with Crippen molar-refractivity contribution in [3.63, 3.8) is 0 Å². The summed E-state index contributed by atoms with van der Waals surface area (Å²) in [5.41, 5.74) is 2.21. The van der Waals surface area contributed by atoms with Crippen molar-refractivity contribution >= 4 is 24.2 Å². The minimum absolute atomic E-state index is 0.150. The first kappa shape index (κ1) is 20.4. The van der Waals surface area contributed by atoms with Crippen LogP contribution in [-0.4, -0.2) is 18.0 Å². The molecule has 1 aliphatic heterocycles. The summed E-state index contributed by atoms with van der Waals surface area (Å²) in [6.07, 6.45) is -2.69. The second-order valence-electron chi connectivity index (χ2n) is 6.90. The maximum atomic E-state index is 12.6. The van der Waals surface area contributed by atoms with E-state index in [0.717, 1.165) is 23.3 Å². The topological polar surface area (TPSA) is 58.6 Å². The molecule has 4 nitrogen and oxygen atoms in total. The third-order valence-corrected chi connectivity index (χ3v) is 5.00. The van der Waals surface area contributed by atoms with E-state index in [0.29, 0.717) is 37.0 Å². The average molecular weight is 391 g/mol. The number of anilines is 1. The fourth-order valence-electron chi connectivity index (χ4n) is 3.26. The van der Waals surface area contributed by atoms with Gasteiger partial charge in [0.2, 0.25) is 5.91 Å². The van der Waals surface area contributed by atoms with E-state index in [1.165, 1.54) is 12.1 Å². The zero-order valence-electron chi connectivity index (χ0n) is 15.4. The lowest BCUT2D eigenvalue weighted by atomic mass is 9.79. The molecule has 0 spiro atoms. The van der Waals surface area contributed by atoms with Gasteiger partial charge < -0.3 is 15.0 Å². The van der Waals surface area contributed by atoms with E-state index in [2.05, 4.69) is 5.32 Å². The number of hydrogen-bond donors (Lipinski definition) is 2. The zero-order valence-corrected chi connectivity index (χ0v) is 15.4. The number of aryl methyl sites for hydroxylation is 1. The summed E-state index contributed by atoms with van der Waals surface area (Å²) < 4.78 is 43.0. The second kappa shape index (κ2) is 8.37. The number of halogens is 3. The lowest BCUT2D eigenvalue weighted by Gasteiger charge is -2.16. The molecule has 8 heteroatoms. The Morgan fingerprint density at radius 1 is 1.25 bits per heavy atom. The van der Waals surface area contributed by atoms with E-state index in [9.17, 15) is 23.0 Å². The molecule has 1 unspecified atom stereocenters. The highest BCUT2D eigenvalue weighted by Gasteiger charge is 2.30.